The number of hydrogen-bond acceptors (Lipinski definition) is 2. The molecule has 1 atom stereocenters. The summed E-state index contributed by atoms with van der Waals surface area (Å²) in [5.41, 5.74) is 1.82. The molecule has 134 valence electrons. The van der Waals surface area contributed by atoms with Crippen LogP contribution in [0.1, 0.15) is 51.5 Å². The molecule has 0 bridgehead atoms. The van der Waals surface area contributed by atoms with Gasteiger partial charge in [-0.15, -0.1) is 0 Å². The number of amides is 1. The molecule has 7 heteroatoms. The SMILES string of the molecule is CCCCCC(=O)Nc1c(I)cc(I)c(CC(CC)C(=O)O)c1I. The van der Waals surface area contributed by atoms with Crippen LogP contribution in [0.3, 0.4) is 0 Å². The Hall–Kier alpha value is 0.350. The van der Waals surface area contributed by atoms with E-state index in [1.165, 1.54) is 0 Å². The summed E-state index contributed by atoms with van der Waals surface area (Å²) in [5.74, 6) is -1.15. The third-order valence-electron chi connectivity index (χ3n) is 3.83. The van der Waals surface area contributed by atoms with Crippen LogP contribution in [0.2, 0.25) is 0 Å². The van der Waals surface area contributed by atoms with Crippen molar-refractivity contribution in [1.29, 1.82) is 0 Å². The van der Waals surface area contributed by atoms with E-state index in [0.717, 1.165) is 41.2 Å². The average Bonchev–Trinajstić information content (AvgIpc) is 2.51. The number of unbranched alkanes of at least 4 members (excludes halogenated alkanes) is 2. The number of carboxylic acids is 1. The standard InChI is InChI=1S/C17H22I3NO3/c1-3-5-6-7-14(22)21-16-13(19)9-12(18)11(15(16)20)8-10(4-2)17(23)24/h9-10H,3-8H2,1-2H3,(H,21,22)(H,23,24). The molecule has 0 saturated heterocycles. The fraction of sp³-hybridized carbons (Fsp3) is 0.529. The Balaban J connectivity index is 3.03. The van der Waals surface area contributed by atoms with Gasteiger partial charge in [-0.1, -0.05) is 26.7 Å². The van der Waals surface area contributed by atoms with Crippen LogP contribution >= 0.6 is 67.8 Å². The maximum atomic E-state index is 12.2. The number of rotatable bonds is 9. The number of aliphatic carboxylic acids is 1. The zero-order chi connectivity index (χ0) is 18.3. The van der Waals surface area contributed by atoms with Gasteiger partial charge in [0.05, 0.1) is 11.6 Å². The Labute approximate surface area is 184 Å². The second-order valence-corrected chi connectivity index (χ2v) is 9.06. The molecule has 1 aromatic carbocycles. The van der Waals surface area contributed by atoms with Gasteiger partial charge in [0.2, 0.25) is 5.91 Å². The molecular weight excluding hydrogens is 647 g/mol. The fourth-order valence-electron chi connectivity index (χ4n) is 2.32. The Morgan fingerprint density at radius 3 is 2.38 bits per heavy atom. The highest BCUT2D eigenvalue weighted by Crippen LogP contribution is 2.33. The lowest BCUT2D eigenvalue weighted by Gasteiger charge is -2.18. The third-order valence-corrected chi connectivity index (χ3v) is 6.83. The first kappa shape index (κ1) is 22.4. The van der Waals surface area contributed by atoms with Crippen LogP contribution in [-0.4, -0.2) is 17.0 Å². The van der Waals surface area contributed by atoms with E-state index in [4.69, 9.17) is 0 Å². The predicted octanol–water partition coefficient (Wildman–Crippen LogP) is 5.67. The molecule has 1 rings (SSSR count). The number of carboxylic acid groups (broad SMARTS) is 1. The van der Waals surface area contributed by atoms with E-state index in [1.54, 1.807) is 0 Å². The van der Waals surface area contributed by atoms with Gasteiger partial charge in [0.25, 0.3) is 0 Å². The van der Waals surface area contributed by atoms with E-state index in [9.17, 15) is 14.7 Å². The van der Waals surface area contributed by atoms with Crippen LogP contribution in [0.15, 0.2) is 6.07 Å². The Morgan fingerprint density at radius 2 is 1.83 bits per heavy atom. The van der Waals surface area contributed by atoms with Crippen LogP contribution in [0.25, 0.3) is 0 Å². The van der Waals surface area contributed by atoms with Gasteiger partial charge in [-0.2, -0.15) is 0 Å². The molecule has 0 radical (unpaired) electrons. The third kappa shape index (κ3) is 6.58. The van der Waals surface area contributed by atoms with E-state index < -0.39 is 11.9 Å². The summed E-state index contributed by atoms with van der Waals surface area (Å²) in [6.07, 6.45) is 4.63. The second-order valence-electron chi connectivity index (χ2n) is 5.66. The van der Waals surface area contributed by atoms with Crippen molar-refractivity contribution in [2.45, 2.75) is 52.4 Å². The number of nitrogens with one attached hydrogen (secondary N) is 1. The van der Waals surface area contributed by atoms with Gasteiger partial charge < -0.3 is 10.4 Å². The highest BCUT2D eigenvalue weighted by Gasteiger charge is 2.22. The first-order valence-corrected chi connectivity index (χ1v) is 11.2. The van der Waals surface area contributed by atoms with E-state index >= 15 is 0 Å². The Kier molecular flexibility index (Phi) is 10.4. The second kappa shape index (κ2) is 11.1. The smallest absolute Gasteiger partial charge is 0.306 e. The zero-order valence-corrected chi connectivity index (χ0v) is 20.3. The monoisotopic (exact) mass is 669 g/mol. The number of hydrogen-bond donors (Lipinski definition) is 2. The molecule has 0 aromatic heterocycles. The van der Waals surface area contributed by atoms with Crippen LogP contribution in [0.5, 0.6) is 0 Å². The van der Waals surface area contributed by atoms with Gasteiger partial charge in [0.1, 0.15) is 0 Å². The summed E-state index contributed by atoms with van der Waals surface area (Å²) in [6.45, 7) is 4.00. The number of carbonyl (C=O) groups excluding carboxylic acids is 1. The lowest BCUT2D eigenvalue weighted by atomic mass is 9.97. The number of halogens is 3. The summed E-state index contributed by atoms with van der Waals surface area (Å²) in [4.78, 5) is 23.5. The van der Waals surface area contributed by atoms with Crippen molar-refractivity contribution in [3.63, 3.8) is 0 Å². The summed E-state index contributed by atoms with van der Waals surface area (Å²) in [7, 11) is 0. The lowest BCUT2D eigenvalue weighted by molar-refractivity contribution is -0.141. The molecule has 4 nitrogen and oxygen atoms in total. The minimum absolute atomic E-state index is 0.0247. The number of anilines is 1. The van der Waals surface area contributed by atoms with Crippen LogP contribution in [-0.2, 0) is 16.0 Å². The fourth-order valence-corrected chi connectivity index (χ4v) is 6.40. The molecular formula is C17H22I3NO3. The summed E-state index contributed by atoms with van der Waals surface area (Å²) in [6, 6.07) is 2.01. The molecule has 0 spiro atoms. The largest absolute Gasteiger partial charge is 0.481 e. The van der Waals surface area contributed by atoms with Crippen molar-refractivity contribution in [3.05, 3.63) is 22.3 Å². The first-order chi connectivity index (χ1) is 11.3. The molecule has 0 fully saturated rings. The maximum absolute atomic E-state index is 12.2. The van der Waals surface area contributed by atoms with Gasteiger partial charge in [-0.3, -0.25) is 9.59 Å². The van der Waals surface area contributed by atoms with Gasteiger partial charge in [-0.05, 0) is 98.7 Å². The van der Waals surface area contributed by atoms with Gasteiger partial charge in [0, 0.05) is 17.1 Å². The maximum Gasteiger partial charge on any atom is 0.306 e. The van der Waals surface area contributed by atoms with Crippen molar-refractivity contribution < 1.29 is 14.7 Å². The summed E-state index contributed by atoms with van der Waals surface area (Å²) < 4.78 is 2.98. The van der Waals surface area contributed by atoms with Gasteiger partial charge >= 0.3 is 5.97 Å². The van der Waals surface area contributed by atoms with Gasteiger partial charge in [-0.25, -0.2) is 0 Å². The minimum atomic E-state index is -0.771. The summed E-state index contributed by atoms with van der Waals surface area (Å²) in [5, 5.41) is 12.4. The number of benzene rings is 1. The average molecular weight is 669 g/mol. The normalized spacial score (nSPS) is 12.0. The van der Waals surface area contributed by atoms with Crippen molar-refractivity contribution in [2.75, 3.05) is 5.32 Å². The minimum Gasteiger partial charge on any atom is -0.481 e. The Morgan fingerprint density at radius 1 is 1.17 bits per heavy atom. The quantitative estimate of drug-likeness (QED) is 0.263. The molecule has 0 saturated carbocycles. The molecule has 1 unspecified atom stereocenters. The lowest BCUT2D eigenvalue weighted by Crippen LogP contribution is -2.19. The highest BCUT2D eigenvalue weighted by molar-refractivity contribution is 14.1. The molecule has 1 aromatic rings. The van der Waals surface area contributed by atoms with Crippen LogP contribution in [0, 0.1) is 16.6 Å². The van der Waals surface area contributed by atoms with E-state index in [-0.39, 0.29) is 5.91 Å². The molecule has 1 amide bonds. The van der Waals surface area contributed by atoms with Crippen LogP contribution < -0.4 is 5.32 Å². The topological polar surface area (TPSA) is 66.4 Å². The van der Waals surface area contributed by atoms with Crippen molar-refractivity contribution in [1.82, 2.24) is 0 Å². The first-order valence-electron chi connectivity index (χ1n) is 8.00. The molecule has 0 heterocycles. The van der Waals surface area contributed by atoms with Crippen LogP contribution in [0.4, 0.5) is 5.69 Å². The summed E-state index contributed by atoms with van der Waals surface area (Å²) >= 11 is 6.70. The zero-order valence-electron chi connectivity index (χ0n) is 13.8. The molecule has 0 aliphatic heterocycles. The number of carbonyl (C=O) groups is 2. The van der Waals surface area contributed by atoms with E-state index in [0.29, 0.717) is 19.3 Å². The van der Waals surface area contributed by atoms with E-state index in [1.807, 2.05) is 13.0 Å². The highest BCUT2D eigenvalue weighted by atomic mass is 127. The molecule has 2 N–H and O–H groups in total. The predicted molar refractivity (Wildman–Crippen MR) is 122 cm³/mol. The van der Waals surface area contributed by atoms with Crippen molar-refractivity contribution in [2.24, 2.45) is 5.92 Å². The van der Waals surface area contributed by atoms with Crippen molar-refractivity contribution >= 4 is 85.3 Å². The van der Waals surface area contributed by atoms with E-state index in [2.05, 4.69) is 80.0 Å². The molecule has 24 heavy (non-hydrogen) atoms. The molecule has 0 aliphatic carbocycles. The van der Waals surface area contributed by atoms with Crippen molar-refractivity contribution in [3.8, 4) is 0 Å². The van der Waals surface area contributed by atoms with Gasteiger partial charge in [0.15, 0.2) is 0 Å². The molecule has 0 aliphatic rings. The Bertz CT molecular complexity index is 605.